The van der Waals surface area contributed by atoms with Crippen molar-refractivity contribution < 1.29 is 5.11 Å². The van der Waals surface area contributed by atoms with Gasteiger partial charge < -0.3 is 5.11 Å². The van der Waals surface area contributed by atoms with Gasteiger partial charge in [0.2, 0.25) is 0 Å². The van der Waals surface area contributed by atoms with Crippen molar-refractivity contribution in [3.05, 3.63) is 44.3 Å². The second-order valence-electron chi connectivity index (χ2n) is 5.06. The Morgan fingerprint density at radius 3 is 2.86 bits per heavy atom. The van der Waals surface area contributed by atoms with Gasteiger partial charge in [-0.05, 0) is 41.8 Å². The molecule has 0 bridgehead atoms. The molecule has 0 spiro atoms. The summed E-state index contributed by atoms with van der Waals surface area (Å²) >= 11 is 3.50. The van der Waals surface area contributed by atoms with E-state index in [2.05, 4.69) is 58.9 Å². The van der Waals surface area contributed by atoms with E-state index in [9.17, 15) is 0 Å². The number of aliphatic hydroxyl groups is 1. The molecule has 2 aromatic heterocycles. The Kier molecular flexibility index (Phi) is 6.47. The van der Waals surface area contributed by atoms with E-state index >= 15 is 0 Å². The van der Waals surface area contributed by atoms with Crippen LogP contribution in [0.25, 0.3) is 0 Å². The van der Waals surface area contributed by atoms with Crippen LogP contribution in [-0.4, -0.2) is 22.7 Å². The summed E-state index contributed by atoms with van der Waals surface area (Å²) in [6.45, 7) is 6.39. The minimum atomic E-state index is -0.0810. The lowest BCUT2D eigenvalue weighted by Gasteiger charge is -2.27. The van der Waals surface area contributed by atoms with E-state index in [-0.39, 0.29) is 6.61 Å². The van der Waals surface area contributed by atoms with Crippen molar-refractivity contribution in [2.75, 3.05) is 6.61 Å². The number of rotatable bonds is 6. The van der Waals surface area contributed by atoms with Crippen LogP contribution in [0.1, 0.15) is 36.3 Å². The molecule has 0 aromatic carbocycles. The molecular weight excluding hydrogens is 298 g/mol. The van der Waals surface area contributed by atoms with Crippen molar-refractivity contribution in [2.45, 2.75) is 39.4 Å². The Hall–Kier alpha value is -1.12. The molecular formula is C17H21NOS2. The lowest BCUT2D eigenvalue weighted by molar-refractivity contribution is 0.188. The molecule has 0 aliphatic carbocycles. The fourth-order valence-electron chi connectivity index (χ4n) is 2.11. The van der Waals surface area contributed by atoms with Gasteiger partial charge in [0.15, 0.2) is 0 Å². The summed E-state index contributed by atoms with van der Waals surface area (Å²) in [6, 6.07) is 4.89. The van der Waals surface area contributed by atoms with Crippen LogP contribution in [0.4, 0.5) is 0 Å². The van der Waals surface area contributed by atoms with Gasteiger partial charge in [0, 0.05) is 35.0 Å². The smallest absolute Gasteiger partial charge is 0.104 e. The average Bonchev–Trinajstić information content (AvgIpc) is 3.15. The van der Waals surface area contributed by atoms with E-state index in [1.165, 1.54) is 10.4 Å². The lowest BCUT2D eigenvalue weighted by atomic mass is 10.2. The van der Waals surface area contributed by atoms with Crippen LogP contribution in [0.5, 0.6) is 0 Å². The van der Waals surface area contributed by atoms with Crippen molar-refractivity contribution >= 4 is 22.7 Å². The van der Waals surface area contributed by atoms with Crippen LogP contribution in [0.15, 0.2) is 28.3 Å². The van der Waals surface area contributed by atoms with Crippen LogP contribution in [0.3, 0.4) is 0 Å². The van der Waals surface area contributed by atoms with Crippen LogP contribution >= 0.6 is 22.7 Å². The zero-order valence-electron chi connectivity index (χ0n) is 12.5. The first kappa shape index (κ1) is 16.3. The largest absolute Gasteiger partial charge is 0.384 e. The highest BCUT2D eigenvalue weighted by Gasteiger charge is 2.14. The molecule has 2 rings (SSSR count). The third kappa shape index (κ3) is 4.98. The highest BCUT2D eigenvalue weighted by Crippen LogP contribution is 2.21. The van der Waals surface area contributed by atoms with Gasteiger partial charge in [-0.1, -0.05) is 18.8 Å². The van der Waals surface area contributed by atoms with Crippen molar-refractivity contribution in [3.8, 4) is 11.8 Å². The fourth-order valence-corrected chi connectivity index (χ4v) is 3.61. The molecule has 0 radical (unpaired) electrons. The maximum absolute atomic E-state index is 8.75. The van der Waals surface area contributed by atoms with Crippen LogP contribution in [-0.2, 0) is 13.1 Å². The SMILES string of the molecule is CC[C@H](C)N(Cc1ccsc1)Cc1cc(C#CCO)cs1. The highest BCUT2D eigenvalue weighted by atomic mass is 32.1. The number of nitrogens with zero attached hydrogens (tertiary/aromatic N) is 1. The van der Waals surface area contributed by atoms with E-state index in [0.29, 0.717) is 6.04 Å². The van der Waals surface area contributed by atoms with Gasteiger partial charge in [-0.2, -0.15) is 11.3 Å². The maximum Gasteiger partial charge on any atom is 0.104 e. The number of aliphatic hydroxyl groups excluding tert-OH is 1. The van der Waals surface area contributed by atoms with E-state index in [4.69, 9.17) is 5.11 Å². The molecule has 1 N–H and O–H groups in total. The normalized spacial score (nSPS) is 12.2. The zero-order chi connectivity index (χ0) is 15.1. The average molecular weight is 319 g/mol. The minimum Gasteiger partial charge on any atom is -0.384 e. The Balaban J connectivity index is 2.05. The maximum atomic E-state index is 8.75. The monoisotopic (exact) mass is 319 g/mol. The van der Waals surface area contributed by atoms with Gasteiger partial charge in [-0.25, -0.2) is 0 Å². The quantitative estimate of drug-likeness (QED) is 0.815. The molecule has 0 saturated carbocycles. The summed E-state index contributed by atoms with van der Waals surface area (Å²) in [4.78, 5) is 3.84. The second kappa shape index (κ2) is 8.35. The first-order chi connectivity index (χ1) is 10.2. The predicted octanol–water partition coefficient (Wildman–Crippen LogP) is 3.95. The Bertz CT molecular complexity index is 592. The highest BCUT2D eigenvalue weighted by molar-refractivity contribution is 7.10. The second-order valence-corrected chi connectivity index (χ2v) is 6.83. The third-order valence-corrected chi connectivity index (χ3v) is 5.16. The molecule has 1 atom stereocenters. The molecule has 4 heteroatoms. The van der Waals surface area contributed by atoms with Crippen LogP contribution < -0.4 is 0 Å². The summed E-state index contributed by atoms with van der Waals surface area (Å²) in [5.41, 5.74) is 2.39. The van der Waals surface area contributed by atoms with Gasteiger partial charge in [0.05, 0.1) is 0 Å². The molecule has 0 saturated heterocycles. The fraction of sp³-hybridized carbons (Fsp3) is 0.412. The van der Waals surface area contributed by atoms with Crippen molar-refractivity contribution in [2.24, 2.45) is 0 Å². The lowest BCUT2D eigenvalue weighted by Crippen LogP contribution is -2.31. The summed E-state index contributed by atoms with van der Waals surface area (Å²) in [5.74, 6) is 5.67. The molecule has 0 fully saturated rings. The molecule has 0 amide bonds. The van der Waals surface area contributed by atoms with Crippen molar-refractivity contribution in [1.29, 1.82) is 0 Å². The molecule has 112 valence electrons. The topological polar surface area (TPSA) is 23.5 Å². The van der Waals surface area contributed by atoms with Gasteiger partial charge >= 0.3 is 0 Å². The third-order valence-electron chi connectivity index (χ3n) is 3.50. The summed E-state index contributed by atoms with van der Waals surface area (Å²) < 4.78 is 0. The van der Waals surface area contributed by atoms with Crippen LogP contribution in [0, 0.1) is 11.8 Å². The molecule has 0 aliphatic heterocycles. The standard InChI is InChI=1S/C17H21NOS2/c1-3-14(2)18(10-16-6-8-20-12-16)11-17-9-15(13-21-17)5-4-7-19/h6,8-9,12-14,19H,3,7,10-11H2,1-2H3/t14-/m0/s1. The van der Waals surface area contributed by atoms with Gasteiger partial charge in [-0.15, -0.1) is 11.3 Å². The Morgan fingerprint density at radius 2 is 2.19 bits per heavy atom. The molecule has 0 unspecified atom stereocenters. The van der Waals surface area contributed by atoms with Gasteiger partial charge in [0.25, 0.3) is 0 Å². The summed E-state index contributed by atoms with van der Waals surface area (Å²) in [7, 11) is 0. The molecule has 0 aliphatic rings. The summed E-state index contributed by atoms with van der Waals surface area (Å²) in [5, 5.41) is 15.2. The number of thiophene rings is 2. The number of hydrogen-bond acceptors (Lipinski definition) is 4. The Labute approximate surface area is 135 Å². The molecule has 21 heavy (non-hydrogen) atoms. The summed E-state index contributed by atoms with van der Waals surface area (Å²) in [6.07, 6.45) is 1.15. The van der Waals surface area contributed by atoms with Crippen molar-refractivity contribution in [3.63, 3.8) is 0 Å². The first-order valence-corrected chi connectivity index (χ1v) is 8.97. The predicted molar refractivity (Wildman–Crippen MR) is 91.6 cm³/mol. The minimum absolute atomic E-state index is 0.0810. The van der Waals surface area contributed by atoms with E-state index in [1.54, 1.807) is 22.7 Å². The van der Waals surface area contributed by atoms with Crippen LogP contribution in [0.2, 0.25) is 0 Å². The van der Waals surface area contributed by atoms with E-state index in [0.717, 1.165) is 25.1 Å². The zero-order valence-corrected chi connectivity index (χ0v) is 14.1. The molecule has 2 heterocycles. The molecule has 2 aromatic rings. The van der Waals surface area contributed by atoms with Gasteiger partial charge in [-0.3, -0.25) is 4.90 Å². The first-order valence-electron chi connectivity index (χ1n) is 7.15. The van der Waals surface area contributed by atoms with E-state index in [1.807, 2.05) is 0 Å². The Morgan fingerprint density at radius 1 is 1.33 bits per heavy atom. The molecule has 2 nitrogen and oxygen atoms in total. The van der Waals surface area contributed by atoms with E-state index < -0.39 is 0 Å². The number of hydrogen-bond donors (Lipinski definition) is 1. The van der Waals surface area contributed by atoms with Gasteiger partial charge in [0.1, 0.15) is 6.61 Å². The van der Waals surface area contributed by atoms with Crippen molar-refractivity contribution in [1.82, 2.24) is 4.90 Å².